The molecule has 0 aliphatic heterocycles. The van der Waals surface area contributed by atoms with Crippen molar-refractivity contribution in [2.45, 2.75) is 341 Å². The molecule has 0 aromatic carbocycles. The molecule has 3 atom stereocenters. The highest BCUT2D eigenvalue weighted by molar-refractivity contribution is 5.77. The monoisotopic (exact) mass is 956 g/mol. The molecule has 0 heterocycles. The first-order chi connectivity index (χ1) is 33.5. The molecule has 1 amide bonds. The van der Waals surface area contributed by atoms with E-state index in [-0.39, 0.29) is 24.9 Å². The summed E-state index contributed by atoms with van der Waals surface area (Å²) in [6.07, 6.45) is 67.8. The van der Waals surface area contributed by atoms with E-state index < -0.39 is 18.2 Å². The molecule has 0 saturated carbocycles. The van der Waals surface area contributed by atoms with Crippen LogP contribution in [0.5, 0.6) is 0 Å². The van der Waals surface area contributed by atoms with Gasteiger partial charge in [0.2, 0.25) is 5.91 Å². The van der Waals surface area contributed by atoms with Crippen LogP contribution < -0.4 is 5.32 Å². The fourth-order valence-corrected chi connectivity index (χ4v) is 9.34. The van der Waals surface area contributed by atoms with Gasteiger partial charge in [-0.15, -0.1) is 0 Å². The van der Waals surface area contributed by atoms with Crippen LogP contribution in [0.25, 0.3) is 0 Å². The molecule has 3 N–H and O–H groups in total. The van der Waals surface area contributed by atoms with Gasteiger partial charge in [-0.1, -0.05) is 263 Å². The quantitative estimate of drug-likeness (QED) is 0.0321. The van der Waals surface area contributed by atoms with E-state index >= 15 is 0 Å². The van der Waals surface area contributed by atoms with E-state index in [4.69, 9.17) is 4.74 Å². The number of rotatable bonds is 55. The number of aliphatic hydroxyl groups excluding tert-OH is 2. The molecular formula is C62H117NO5. The average Bonchev–Trinajstić information content (AvgIpc) is 3.33. The summed E-state index contributed by atoms with van der Waals surface area (Å²) in [6, 6.07) is -0.706. The minimum atomic E-state index is -0.791. The first-order valence-corrected chi connectivity index (χ1v) is 30.2. The molecule has 0 aromatic rings. The maximum absolute atomic E-state index is 13.3. The number of carbonyl (C=O) groups is 2. The van der Waals surface area contributed by atoms with Gasteiger partial charge in [-0.05, 0) is 83.5 Å². The zero-order chi connectivity index (χ0) is 49.5. The van der Waals surface area contributed by atoms with Crippen molar-refractivity contribution in [1.82, 2.24) is 5.32 Å². The predicted octanol–water partition coefficient (Wildman–Crippen LogP) is 18.8. The Bertz CT molecular complexity index is 1120. The molecule has 0 aliphatic rings. The Labute approximate surface area is 424 Å². The van der Waals surface area contributed by atoms with Crippen molar-refractivity contribution in [1.29, 1.82) is 0 Å². The molecule has 0 saturated heterocycles. The van der Waals surface area contributed by atoms with Crippen molar-refractivity contribution in [3.8, 4) is 0 Å². The molecule has 0 bridgehead atoms. The second-order valence-corrected chi connectivity index (χ2v) is 20.7. The molecule has 0 aliphatic carbocycles. The molecular weight excluding hydrogens is 839 g/mol. The first kappa shape index (κ1) is 66.1. The van der Waals surface area contributed by atoms with Gasteiger partial charge < -0.3 is 20.3 Å². The van der Waals surface area contributed by atoms with Gasteiger partial charge in [-0.2, -0.15) is 0 Å². The van der Waals surface area contributed by atoms with Crippen LogP contribution in [0.3, 0.4) is 0 Å². The lowest BCUT2D eigenvalue weighted by Crippen LogP contribution is -2.46. The van der Waals surface area contributed by atoms with Crippen LogP contribution in [-0.4, -0.2) is 46.9 Å². The van der Waals surface area contributed by atoms with Crippen LogP contribution in [0.15, 0.2) is 36.5 Å². The highest BCUT2D eigenvalue weighted by Gasteiger charge is 2.24. The summed E-state index contributed by atoms with van der Waals surface area (Å²) in [7, 11) is 0. The predicted molar refractivity (Wildman–Crippen MR) is 296 cm³/mol. The number of unbranched alkanes of at least 4 members (excludes halogenated alkanes) is 37. The number of esters is 1. The second kappa shape index (κ2) is 56.0. The van der Waals surface area contributed by atoms with Crippen LogP contribution in [0.1, 0.15) is 323 Å². The van der Waals surface area contributed by atoms with Crippen molar-refractivity contribution < 1.29 is 24.5 Å². The van der Waals surface area contributed by atoms with E-state index in [0.717, 1.165) is 64.2 Å². The third-order valence-electron chi connectivity index (χ3n) is 13.9. The Kier molecular flexibility index (Phi) is 54.4. The zero-order valence-corrected chi connectivity index (χ0v) is 45.8. The number of carbonyl (C=O) groups excluding carboxylic acids is 2. The largest absolute Gasteiger partial charge is 0.462 e. The van der Waals surface area contributed by atoms with Gasteiger partial charge >= 0.3 is 5.97 Å². The standard InChI is InChI=1S/C62H117NO5/c1-4-7-10-13-16-19-22-25-28-29-30-31-34-37-40-43-46-49-52-55-62(67)68-58(53-50-47-44-41-38-35-32-26-23-20-17-14-11-8-5-2)56-61(66)63-59(57-64)60(65)54-51-48-45-42-39-36-33-27-24-21-18-15-12-9-6-3/h17,20,25-26,28,32,58-60,64-65H,4-16,18-19,21-24,27,29-31,33-57H2,1-3H3,(H,63,66)/b20-17-,28-25+,32-26-. The van der Waals surface area contributed by atoms with Gasteiger partial charge in [-0.25, -0.2) is 0 Å². The van der Waals surface area contributed by atoms with Crippen LogP contribution in [0, 0.1) is 0 Å². The van der Waals surface area contributed by atoms with Crippen molar-refractivity contribution in [2.75, 3.05) is 6.61 Å². The Hall–Kier alpha value is -1.92. The summed E-state index contributed by atoms with van der Waals surface area (Å²) < 4.78 is 5.97. The van der Waals surface area contributed by atoms with E-state index in [0.29, 0.717) is 19.3 Å². The van der Waals surface area contributed by atoms with Crippen molar-refractivity contribution in [3.63, 3.8) is 0 Å². The SMILES string of the molecule is CCCCC/C=C\C/C=C\CCCCCCCC(CC(=O)NC(CO)C(O)CCCCCCCCCCCCCCCCC)OC(=O)CCCCCCCCCCC/C=C/CCCCCCCC. The maximum Gasteiger partial charge on any atom is 0.306 e. The van der Waals surface area contributed by atoms with Crippen LogP contribution in [-0.2, 0) is 14.3 Å². The number of amides is 1. The first-order valence-electron chi connectivity index (χ1n) is 30.2. The maximum atomic E-state index is 13.3. The van der Waals surface area contributed by atoms with Crippen LogP contribution >= 0.6 is 0 Å². The number of allylic oxidation sites excluding steroid dienone is 6. The lowest BCUT2D eigenvalue weighted by molar-refractivity contribution is -0.151. The summed E-state index contributed by atoms with van der Waals surface area (Å²) in [5.74, 6) is -0.474. The van der Waals surface area contributed by atoms with E-state index in [9.17, 15) is 19.8 Å². The van der Waals surface area contributed by atoms with Gasteiger partial charge in [0.1, 0.15) is 6.10 Å². The highest BCUT2D eigenvalue weighted by Crippen LogP contribution is 2.19. The molecule has 0 fully saturated rings. The third kappa shape index (κ3) is 50.5. The number of hydrogen-bond donors (Lipinski definition) is 3. The van der Waals surface area contributed by atoms with Gasteiger partial charge in [0, 0.05) is 6.42 Å². The van der Waals surface area contributed by atoms with Crippen molar-refractivity contribution >= 4 is 11.9 Å². The van der Waals surface area contributed by atoms with Gasteiger partial charge in [0.25, 0.3) is 0 Å². The number of hydrogen-bond acceptors (Lipinski definition) is 5. The van der Waals surface area contributed by atoms with Crippen molar-refractivity contribution in [3.05, 3.63) is 36.5 Å². The molecule has 400 valence electrons. The molecule has 0 aromatic heterocycles. The van der Waals surface area contributed by atoms with Gasteiger partial charge in [-0.3, -0.25) is 9.59 Å². The van der Waals surface area contributed by atoms with Gasteiger partial charge in [0.05, 0.1) is 25.2 Å². The highest BCUT2D eigenvalue weighted by atomic mass is 16.5. The molecule has 3 unspecified atom stereocenters. The molecule has 68 heavy (non-hydrogen) atoms. The van der Waals surface area contributed by atoms with Crippen LogP contribution in [0.2, 0.25) is 0 Å². The molecule has 0 spiro atoms. The minimum Gasteiger partial charge on any atom is -0.462 e. The van der Waals surface area contributed by atoms with E-state index in [1.165, 1.54) is 212 Å². The zero-order valence-electron chi connectivity index (χ0n) is 45.8. The van der Waals surface area contributed by atoms with E-state index in [1.54, 1.807) is 0 Å². The molecule has 0 radical (unpaired) electrons. The van der Waals surface area contributed by atoms with E-state index in [2.05, 4.69) is 62.5 Å². The smallest absolute Gasteiger partial charge is 0.306 e. The lowest BCUT2D eigenvalue weighted by atomic mass is 10.0. The summed E-state index contributed by atoms with van der Waals surface area (Å²) in [4.78, 5) is 26.3. The normalized spacial score (nSPS) is 13.3. The summed E-state index contributed by atoms with van der Waals surface area (Å²) in [5, 5.41) is 23.9. The van der Waals surface area contributed by atoms with Crippen molar-refractivity contribution in [2.24, 2.45) is 0 Å². The fourth-order valence-electron chi connectivity index (χ4n) is 9.34. The van der Waals surface area contributed by atoms with E-state index in [1.807, 2.05) is 0 Å². The Morgan fingerprint density at radius 3 is 1.16 bits per heavy atom. The Morgan fingerprint density at radius 1 is 0.426 bits per heavy atom. The third-order valence-corrected chi connectivity index (χ3v) is 13.9. The number of aliphatic hydroxyl groups is 2. The Morgan fingerprint density at radius 2 is 0.750 bits per heavy atom. The molecule has 6 heteroatoms. The van der Waals surface area contributed by atoms with Gasteiger partial charge in [0.15, 0.2) is 0 Å². The fraction of sp³-hybridized carbons (Fsp3) is 0.871. The Balaban J connectivity index is 4.53. The molecule has 0 rings (SSSR count). The topological polar surface area (TPSA) is 95.9 Å². The van der Waals surface area contributed by atoms with Crippen LogP contribution in [0.4, 0.5) is 0 Å². The average molecular weight is 957 g/mol. The summed E-state index contributed by atoms with van der Waals surface area (Å²) >= 11 is 0. The number of ether oxygens (including phenoxy) is 1. The molecule has 6 nitrogen and oxygen atoms in total. The minimum absolute atomic E-state index is 0.0707. The second-order valence-electron chi connectivity index (χ2n) is 20.7. The lowest BCUT2D eigenvalue weighted by Gasteiger charge is -2.24. The number of nitrogens with one attached hydrogen (secondary N) is 1. The summed E-state index contributed by atoms with van der Waals surface area (Å²) in [6.45, 7) is 6.49. The summed E-state index contributed by atoms with van der Waals surface area (Å²) in [5.41, 5.74) is 0.